The summed E-state index contributed by atoms with van der Waals surface area (Å²) in [7, 11) is 0. The van der Waals surface area contributed by atoms with E-state index in [0.717, 1.165) is 83.5 Å². The number of allylic oxidation sites excluding steroid dienone is 10. The molecule has 0 bridgehead atoms. The Morgan fingerprint density at radius 1 is 0.267 bits per heavy atom. The Balaban J connectivity index is 4.28. The Morgan fingerprint density at radius 3 is 0.747 bits per heavy atom. The predicted octanol–water partition coefficient (Wildman–Crippen LogP) is 22.3. The summed E-state index contributed by atoms with van der Waals surface area (Å²) in [5.74, 6) is -0.867. The van der Waals surface area contributed by atoms with Crippen molar-refractivity contribution in [3.8, 4) is 0 Å². The van der Waals surface area contributed by atoms with E-state index in [4.69, 9.17) is 14.2 Å². The van der Waals surface area contributed by atoms with Crippen molar-refractivity contribution in [1.82, 2.24) is 0 Å². The van der Waals surface area contributed by atoms with Gasteiger partial charge in [-0.3, -0.25) is 14.4 Å². The third-order valence-electron chi connectivity index (χ3n) is 14.5. The molecule has 0 heterocycles. The molecule has 0 N–H and O–H groups in total. The van der Waals surface area contributed by atoms with Gasteiger partial charge < -0.3 is 14.2 Å². The van der Waals surface area contributed by atoms with Gasteiger partial charge in [0.25, 0.3) is 0 Å². The first-order valence-corrected chi connectivity index (χ1v) is 32.8. The third-order valence-corrected chi connectivity index (χ3v) is 14.5. The van der Waals surface area contributed by atoms with Crippen molar-refractivity contribution < 1.29 is 28.6 Å². The Morgan fingerprint density at radius 2 is 0.480 bits per heavy atom. The highest BCUT2D eigenvalue weighted by molar-refractivity contribution is 5.71. The average molecular weight is 1050 g/mol. The van der Waals surface area contributed by atoms with Crippen LogP contribution >= 0.6 is 0 Å². The van der Waals surface area contributed by atoms with E-state index in [9.17, 15) is 14.4 Å². The maximum absolute atomic E-state index is 12.9. The van der Waals surface area contributed by atoms with Crippen molar-refractivity contribution in [2.24, 2.45) is 0 Å². The zero-order valence-electron chi connectivity index (χ0n) is 50.1. The van der Waals surface area contributed by atoms with Crippen molar-refractivity contribution in [1.29, 1.82) is 0 Å². The lowest BCUT2D eigenvalue weighted by Crippen LogP contribution is -2.30. The molecule has 0 aromatic heterocycles. The summed E-state index contributed by atoms with van der Waals surface area (Å²) in [6, 6.07) is 0. The minimum absolute atomic E-state index is 0.0742. The van der Waals surface area contributed by atoms with Crippen LogP contribution in [0.15, 0.2) is 60.8 Å². The van der Waals surface area contributed by atoms with Gasteiger partial charge in [-0.2, -0.15) is 0 Å². The number of rotatable bonds is 60. The molecular formula is C69H124O6. The number of esters is 3. The average Bonchev–Trinajstić information content (AvgIpc) is 3.41. The summed E-state index contributed by atoms with van der Waals surface area (Å²) in [6.45, 7) is 6.65. The molecular weight excluding hydrogens is 925 g/mol. The van der Waals surface area contributed by atoms with Crippen molar-refractivity contribution in [2.45, 2.75) is 348 Å². The minimum atomic E-state index is -0.777. The molecule has 0 saturated heterocycles. The molecule has 0 amide bonds. The summed E-state index contributed by atoms with van der Waals surface area (Å²) in [5, 5.41) is 0. The summed E-state index contributed by atoms with van der Waals surface area (Å²) in [5.41, 5.74) is 0. The second kappa shape index (κ2) is 63.6. The molecule has 0 aliphatic carbocycles. The molecule has 0 saturated carbocycles. The van der Waals surface area contributed by atoms with E-state index >= 15 is 0 Å². The van der Waals surface area contributed by atoms with E-state index in [-0.39, 0.29) is 31.1 Å². The molecule has 6 heteroatoms. The van der Waals surface area contributed by atoms with Crippen molar-refractivity contribution >= 4 is 17.9 Å². The van der Waals surface area contributed by atoms with Gasteiger partial charge in [0.05, 0.1) is 0 Å². The van der Waals surface area contributed by atoms with Crippen molar-refractivity contribution in [2.75, 3.05) is 13.2 Å². The Bertz CT molecular complexity index is 1340. The minimum Gasteiger partial charge on any atom is -0.462 e. The molecule has 0 radical (unpaired) electrons. The van der Waals surface area contributed by atoms with E-state index in [0.29, 0.717) is 19.3 Å². The molecule has 1 atom stereocenters. The fourth-order valence-corrected chi connectivity index (χ4v) is 9.54. The van der Waals surface area contributed by atoms with E-state index in [1.165, 1.54) is 218 Å². The van der Waals surface area contributed by atoms with Crippen LogP contribution in [-0.2, 0) is 28.6 Å². The largest absolute Gasteiger partial charge is 0.462 e. The van der Waals surface area contributed by atoms with Crippen LogP contribution in [0.25, 0.3) is 0 Å². The maximum Gasteiger partial charge on any atom is 0.306 e. The number of unbranched alkanes of at least 4 members (excludes halogenated alkanes) is 39. The molecule has 1 unspecified atom stereocenters. The second-order valence-corrected chi connectivity index (χ2v) is 22.0. The standard InChI is InChI=1S/C69H124O6/c1-4-7-10-13-16-19-22-24-26-28-30-32-34-36-38-40-42-44-47-50-53-56-59-62-68(71)74-65-66(64-73-67(70)61-58-55-52-49-46-21-18-15-12-9-6-3)75-69(72)63-60-57-54-51-48-45-43-41-39-37-35-33-31-29-27-25-23-20-17-14-11-8-5-2/h22-25,28-31,34,36,66H,4-21,26-27,32-33,35,37-65H2,1-3H3/b24-22-,25-23-,30-28-,31-29-,36-34-. The van der Waals surface area contributed by atoms with Gasteiger partial charge in [0, 0.05) is 19.3 Å². The lowest BCUT2D eigenvalue weighted by Gasteiger charge is -2.18. The summed E-state index contributed by atoms with van der Waals surface area (Å²) < 4.78 is 16.9. The Kier molecular flexibility index (Phi) is 61.2. The molecule has 6 nitrogen and oxygen atoms in total. The van der Waals surface area contributed by atoms with Gasteiger partial charge in [-0.25, -0.2) is 0 Å². The molecule has 436 valence electrons. The number of ether oxygens (including phenoxy) is 3. The van der Waals surface area contributed by atoms with Gasteiger partial charge in [-0.1, -0.05) is 293 Å². The molecule has 0 aliphatic heterocycles. The monoisotopic (exact) mass is 1050 g/mol. The summed E-state index contributed by atoms with van der Waals surface area (Å²) in [4.78, 5) is 38.3. The first kappa shape index (κ1) is 72.1. The van der Waals surface area contributed by atoms with Gasteiger partial charge in [0.15, 0.2) is 6.10 Å². The lowest BCUT2D eigenvalue weighted by molar-refractivity contribution is -0.167. The van der Waals surface area contributed by atoms with Crippen LogP contribution in [0.2, 0.25) is 0 Å². The third kappa shape index (κ3) is 61.8. The van der Waals surface area contributed by atoms with Crippen LogP contribution in [0.1, 0.15) is 342 Å². The molecule has 0 aliphatic rings. The van der Waals surface area contributed by atoms with E-state index < -0.39 is 6.10 Å². The van der Waals surface area contributed by atoms with Crippen LogP contribution in [0.5, 0.6) is 0 Å². The van der Waals surface area contributed by atoms with Crippen LogP contribution in [-0.4, -0.2) is 37.2 Å². The number of carbonyl (C=O) groups is 3. The van der Waals surface area contributed by atoms with Crippen molar-refractivity contribution in [3.05, 3.63) is 60.8 Å². The zero-order valence-corrected chi connectivity index (χ0v) is 50.1. The number of carbonyl (C=O) groups excluding carboxylic acids is 3. The van der Waals surface area contributed by atoms with Crippen LogP contribution in [0.4, 0.5) is 0 Å². The Labute approximate surface area is 466 Å². The molecule has 0 spiro atoms. The molecule has 75 heavy (non-hydrogen) atoms. The van der Waals surface area contributed by atoms with Gasteiger partial charge in [-0.05, 0) is 89.9 Å². The smallest absolute Gasteiger partial charge is 0.306 e. The zero-order chi connectivity index (χ0) is 54.3. The maximum atomic E-state index is 12.9. The predicted molar refractivity (Wildman–Crippen MR) is 325 cm³/mol. The van der Waals surface area contributed by atoms with Gasteiger partial charge in [-0.15, -0.1) is 0 Å². The molecule has 0 rings (SSSR count). The fourth-order valence-electron chi connectivity index (χ4n) is 9.54. The number of hydrogen-bond donors (Lipinski definition) is 0. The highest BCUT2D eigenvalue weighted by Crippen LogP contribution is 2.17. The van der Waals surface area contributed by atoms with Gasteiger partial charge in [0.1, 0.15) is 13.2 Å². The van der Waals surface area contributed by atoms with E-state index in [1.54, 1.807) is 0 Å². The van der Waals surface area contributed by atoms with Crippen LogP contribution < -0.4 is 0 Å². The summed E-state index contributed by atoms with van der Waals surface area (Å²) >= 11 is 0. The normalized spacial score (nSPS) is 12.4. The lowest BCUT2D eigenvalue weighted by atomic mass is 10.0. The second-order valence-electron chi connectivity index (χ2n) is 22.0. The topological polar surface area (TPSA) is 78.9 Å². The highest BCUT2D eigenvalue weighted by Gasteiger charge is 2.19. The van der Waals surface area contributed by atoms with Gasteiger partial charge in [0.2, 0.25) is 0 Å². The van der Waals surface area contributed by atoms with Crippen LogP contribution in [0.3, 0.4) is 0 Å². The molecule has 0 aromatic rings. The quantitative estimate of drug-likeness (QED) is 0.0261. The van der Waals surface area contributed by atoms with E-state index in [2.05, 4.69) is 81.5 Å². The Hall–Kier alpha value is -2.89. The van der Waals surface area contributed by atoms with Gasteiger partial charge >= 0.3 is 17.9 Å². The molecule has 0 aromatic carbocycles. The summed E-state index contributed by atoms with van der Waals surface area (Å²) in [6.07, 6.45) is 80.8. The SMILES string of the molecule is CCCCCCC/C=C\C/C=C\C/C=C\CCCCCCCCCCC(=O)OCC(COC(=O)CCCCCCCCCCCCC)OC(=O)CCCCCCCCCCCCC/C=C\C/C=C\CCCCCCC. The highest BCUT2D eigenvalue weighted by atomic mass is 16.6. The van der Waals surface area contributed by atoms with E-state index in [1.807, 2.05) is 0 Å². The fraction of sp³-hybridized carbons (Fsp3) is 0.812. The molecule has 0 fully saturated rings. The number of hydrogen-bond acceptors (Lipinski definition) is 6. The first-order valence-electron chi connectivity index (χ1n) is 32.8. The van der Waals surface area contributed by atoms with Crippen LogP contribution in [0, 0.1) is 0 Å². The van der Waals surface area contributed by atoms with Crippen molar-refractivity contribution in [3.63, 3.8) is 0 Å². The first-order chi connectivity index (χ1) is 37.0.